The fraction of sp³-hybridized carbons (Fsp3) is 0.645. The van der Waals surface area contributed by atoms with Crippen molar-refractivity contribution in [1.29, 1.82) is 0 Å². The van der Waals surface area contributed by atoms with Crippen LogP contribution in [-0.2, 0) is 4.79 Å². The SMILES string of the molecule is C#CC=CCCC=CCCCCCCCCCCCCCCCCCCC=CC#CC(=O)O. The van der Waals surface area contributed by atoms with Crippen LogP contribution >= 0.6 is 0 Å². The topological polar surface area (TPSA) is 37.3 Å². The van der Waals surface area contributed by atoms with Crippen LogP contribution in [0.25, 0.3) is 0 Å². The molecule has 0 bridgehead atoms. The van der Waals surface area contributed by atoms with E-state index < -0.39 is 5.97 Å². The summed E-state index contributed by atoms with van der Waals surface area (Å²) in [5.74, 6) is 6.06. The van der Waals surface area contributed by atoms with Gasteiger partial charge in [-0.2, -0.15) is 0 Å². The summed E-state index contributed by atoms with van der Waals surface area (Å²) in [5.41, 5.74) is 0. The second-order valence-corrected chi connectivity index (χ2v) is 8.83. The van der Waals surface area contributed by atoms with Gasteiger partial charge in [-0.25, -0.2) is 4.79 Å². The first-order valence-corrected chi connectivity index (χ1v) is 13.4. The highest BCUT2D eigenvalue weighted by Gasteiger charge is 1.95. The standard InChI is InChI=1S/C31H48O2/c1-2-3-4-5-6-7-8-9-10-11-12-13-14-15-16-17-18-19-20-21-22-23-24-25-26-27-28-29-30-31(32)33/h1,3-4,7-8,27-28H,5-6,9-26H2,(H,32,33). The van der Waals surface area contributed by atoms with Crippen LogP contribution in [0.1, 0.15) is 128 Å². The molecular formula is C31H48O2. The molecule has 0 saturated carbocycles. The number of carbonyl (C=O) groups is 1. The minimum atomic E-state index is -1.07. The Morgan fingerprint density at radius 2 is 0.909 bits per heavy atom. The molecule has 0 unspecified atom stereocenters. The van der Waals surface area contributed by atoms with Crippen molar-refractivity contribution in [3.8, 4) is 24.2 Å². The third-order valence-corrected chi connectivity index (χ3v) is 5.75. The highest BCUT2D eigenvalue weighted by Crippen LogP contribution is 2.14. The fourth-order valence-electron chi connectivity index (χ4n) is 3.82. The number of terminal acetylenes is 1. The number of carboxylic acid groups (broad SMARTS) is 1. The van der Waals surface area contributed by atoms with Gasteiger partial charge in [-0.15, -0.1) is 6.42 Å². The Kier molecular flexibility index (Phi) is 26.0. The van der Waals surface area contributed by atoms with Gasteiger partial charge in [-0.05, 0) is 50.7 Å². The molecule has 0 aromatic carbocycles. The Labute approximate surface area is 205 Å². The molecule has 0 fully saturated rings. The van der Waals surface area contributed by atoms with Crippen molar-refractivity contribution in [1.82, 2.24) is 0 Å². The lowest BCUT2D eigenvalue weighted by Gasteiger charge is -2.03. The van der Waals surface area contributed by atoms with Crippen LogP contribution in [0.15, 0.2) is 36.5 Å². The van der Waals surface area contributed by atoms with Crippen LogP contribution in [0.4, 0.5) is 0 Å². The van der Waals surface area contributed by atoms with E-state index in [2.05, 4.69) is 36.0 Å². The largest absolute Gasteiger partial charge is 0.472 e. The van der Waals surface area contributed by atoms with Crippen LogP contribution in [0.2, 0.25) is 0 Å². The summed E-state index contributed by atoms with van der Waals surface area (Å²) in [6.45, 7) is 0. The Morgan fingerprint density at radius 1 is 0.545 bits per heavy atom. The number of unbranched alkanes of at least 4 members (excludes halogenated alkanes) is 18. The Morgan fingerprint density at radius 3 is 1.36 bits per heavy atom. The van der Waals surface area contributed by atoms with Gasteiger partial charge in [0.1, 0.15) is 0 Å². The van der Waals surface area contributed by atoms with E-state index in [9.17, 15) is 4.79 Å². The molecule has 0 spiro atoms. The normalized spacial score (nSPS) is 11.2. The molecule has 0 amide bonds. The molecular weight excluding hydrogens is 404 g/mol. The summed E-state index contributed by atoms with van der Waals surface area (Å²) < 4.78 is 0. The Hall–Kier alpha value is -2.19. The maximum Gasteiger partial charge on any atom is 0.382 e. The van der Waals surface area contributed by atoms with E-state index in [4.69, 9.17) is 11.5 Å². The van der Waals surface area contributed by atoms with Gasteiger partial charge >= 0.3 is 5.97 Å². The zero-order valence-electron chi connectivity index (χ0n) is 21.0. The molecule has 0 aromatic heterocycles. The Bertz CT molecular complexity index is 622. The lowest BCUT2D eigenvalue weighted by atomic mass is 10.0. The average Bonchev–Trinajstić information content (AvgIpc) is 2.80. The molecule has 0 radical (unpaired) electrons. The predicted octanol–water partition coefficient (Wildman–Crippen LogP) is 9.18. The second kappa shape index (κ2) is 27.8. The molecule has 2 heteroatoms. The first kappa shape index (κ1) is 30.8. The number of allylic oxidation sites excluding steroid dienone is 6. The van der Waals surface area contributed by atoms with E-state index in [0.29, 0.717) is 0 Å². The molecule has 0 heterocycles. The summed E-state index contributed by atoms with van der Waals surface area (Å²) in [6.07, 6.45) is 43.5. The molecule has 0 aromatic rings. The average molecular weight is 453 g/mol. The van der Waals surface area contributed by atoms with E-state index in [1.54, 1.807) is 12.2 Å². The quantitative estimate of drug-likeness (QED) is 0.101. The van der Waals surface area contributed by atoms with Crippen molar-refractivity contribution >= 4 is 5.97 Å². The summed E-state index contributed by atoms with van der Waals surface area (Å²) in [6, 6.07) is 0. The molecule has 0 saturated heterocycles. The van der Waals surface area contributed by atoms with E-state index in [-0.39, 0.29) is 0 Å². The maximum absolute atomic E-state index is 10.2. The third kappa shape index (κ3) is 29.8. The molecule has 1 N–H and O–H groups in total. The highest BCUT2D eigenvalue weighted by atomic mass is 16.4. The van der Waals surface area contributed by atoms with Gasteiger partial charge in [0.2, 0.25) is 0 Å². The number of hydrogen-bond donors (Lipinski definition) is 1. The van der Waals surface area contributed by atoms with Gasteiger partial charge in [-0.1, -0.05) is 126 Å². The van der Waals surface area contributed by atoms with Crippen LogP contribution < -0.4 is 0 Å². The van der Waals surface area contributed by atoms with Gasteiger partial charge in [0.05, 0.1) is 0 Å². The zero-order valence-corrected chi connectivity index (χ0v) is 21.0. The van der Waals surface area contributed by atoms with Crippen LogP contribution in [0.5, 0.6) is 0 Å². The van der Waals surface area contributed by atoms with Crippen molar-refractivity contribution in [3.63, 3.8) is 0 Å². The highest BCUT2D eigenvalue weighted by molar-refractivity contribution is 5.86. The smallest absolute Gasteiger partial charge is 0.382 e. The summed E-state index contributed by atoms with van der Waals surface area (Å²) in [4.78, 5) is 10.2. The molecule has 0 atom stereocenters. The third-order valence-electron chi connectivity index (χ3n) is 5.75. The lowest BCUT2D eigenvalue weighted by molar-refractivity contribution is -0.130. The summed E-state index contributed by atoms with van der Waals surface area (Å²) in [7, 11) is 0. The molecule has 2 nitrogen and oxygen atoms in total. The predicted molar refractivity (Wildman–Crippen MR) is 144 cm³/mol. The van der Waals surface area contributed by atoms with Crippen molar-refractivity contribution in [2.75, 3.05) is 0 Å². The second-order valence-electron chi connectivity index (χ2n) is 8.83. The minimum Gasteiger partial charge on any atom is -0.472 e. The van der Waals surface area contributed by atoms with Crippen LogP contribution in [0, 0.1) is 24.2 Å². The van der Waals surface area contributed by atoms with Crippen molar-refractivity contribution in [2.24, 2.45) is 0 Å². The number of rotatable bonds is 22. The fourth-order valence-corrected chi connectivity index (χ4v) is 3.82. The number of carboxylic acids is 1. The molecule has 0 aliphatic rings. The van der Waals surface area contributed by atoms with Crippen molar-refractivity contribution < 1.29 is 9.90 Å². The monoisotopic (exact) mass is 452 g/mol. The van der Waals surface area contributed by atoms with Gasteiger partial charge in [-0.3, -0.25) is 0 Å². The first-order chi connectivity index (χ1) is 16.3. The van der Waals surface area contributed by atoms with E-state index >= 15 is 0 Å². The first-order valence-electron chi connectivity index (χ1n) is 13.4. The van der Waals surface area contributed by atoms with E-state index in [0.717, 1.165) is 19.3 Å². The molecule has 0 aliphatic heterocycles. The molecule has 33 heavy (non-hydrogen) atoms. The van der Waals surface area contributed by atoms with E-state index in [1.807, 2.05) is 6.08 Å². The maximum atomic E-state index is 10.2. The molecule has 184 valence electrons. The van der Waals surface area contributed by atoms with E-state index in [1.165, 1.54) is 109 Å². The van der Waals surface area contributed by atoms with Gasteiger partial charge in [0.15, 0.2) is 0 Å². The van der Waals surface area contributed by atoms with Gasteiger partial charge < -0.3 is 5.11 Å². The summed E-state index contributed by atoms with van der Waals surface area (Å²) in [5, 5.41) is 8.40. The van der Waals surface area contributed by atoms with Gasteiger partial charge in [0.25, 0.3) is 0 Å². The van der Waals surface area contributed by atoms with Crippen LogP contribution in [-0.4, -0.2) is 11.1 Å². The molecule has 0 aliphatic carbocycles. The zero-order chi connectivity index (χ0) is 24.1. The van der Waals surface area contributed by atoms with Gasteiger partial charge in [0, 0.05) is 5.92 Å². The Balaban J connectivity index is 3.15. The minimum absolute atomic E-state index is 0.998. The summed E-state index contributed by atoms with van der Waals surface area (Å²) >= 11 is 0. The lowest BCUT2D eigenvalue weighted by Crippen LogP contribution is -1.85. The number of hydrogen-bond acceptors (Lipinski definition) is 1. The van der Waals surface area contributed by atoms with Crippen molar-refractivity contribution in [3.05, 3.63) is 36.5 Å². The van der Waals surface area contributed by atoms with Crippen molar-refractivity contribution in [2.45, 2.75) is 128 Å². The van der Waals surface area contributed by atoms with Crippen LogP contribution in [0.3, 0.4) is 0 Å². The molecule has 0 rings (SSSR count). The number of aliphatic carboxylic acids is 1.